The van der Waals surface area contributed by atoms with Gasteiger partial charge >= 0.3 is 0 Å². The number of phenolic OH excluding ortho intramolecular Hbond substituents is 1. The Labute approximate surface area is 180 Å². The van der Waals surface area contributed by atoms with Crippen LogP contribution < -0.4 is 10.2 Å². The lowest BCUT2D eigenvalue weighted by Crippen LogP contribution is -2.33. The van der Waals surface area contributed by atoms with E-state index in [1.165, 1.54) is 10.5 Å². The fraction of sp³-hybridized carbons (Fsp3) is 0.545. The molecule has 1 saturated carbocycles. The highest BCUT2D eigenvalue weighted by molar-refractivity contribution is 7.99. The summed E-state index contributed by atoms with van der Waals surface area (Å²) in [5.41, 5.74) is 3.25. The number of hydrogen-bond donors (Lipinski definition) is 3. The minimum Gasteiger partial charge on any atom is -0.508 e. The first kappa shape index (κ1) is 19.9. The summed E-state index contributed by atoms with van der Waals surface area (Å²) in [6.45, 7) is 2.85. The Kier molecular flexibility index (Phi) is 5.47. The van der Waals surface area contributed by atoms with Crippen molar-refractivity contribution in [2.24, 2.45) is 0 Å². The average Bonchev–Trinajstić information content (AvgIpc) is 3.34. The molecular formula is C22H28N4O3S. The van der Waals surface area contributed by atoms with E-state index >= 15 is 0 Å². The quantitative estimate of drug-likeness (QED) is 0.553. The van der Waals surface area contributed by atoms with Gasteiger partial charge in [0.25, 0.3) is 0 Å². The number of aromatic hydroxyl groups is 1. The van der Waals surface area contributed by atoms with Gasteiger partial charge in [-0.1, -0.05) is 12.1 Å². The van der Waals surface area contributed by atoms with Crippen LogP contribution in [0.4, 0.5) is 11.8 Å². The summed E-state index contributed by atoms with van der Waals surface area (Å²) in [5, 5.41) is 22.9. The molecule has 160 valence electrons. The average molecular weight is 429 g/mol. The van der Waals surface area contributed by atoms with Crippen LogP contribution in [0.25, 0.3) is 0 Å². The lowest BCUT2D eigenvalue weighted by Gasteiger charge is -2.30. The van der Waals surface area contributed by atoms with E-state index in [1.807, 2.05) is 17.8 Å². The van der Waals surface area contributed by atoms with Crippen LogP contribution in [-0.2, 0) is 24.1 Å². The van der Waals surface area contributed by atoms with Crippen molar-refractivity contribution in [1.82, 2.24) is 9.97 Å². The predicted octanol–water partition coefficient (Wildman–Crippen LogP) is 2.74. The predicted molar refractivity (Wildman–Crippen MR) is 117 cm³/mol. The van der Waals surface area contributed by atoms with E-state index in [2.05, 4.69) is 16.3 Å². The number of ether oxygens (including phenoxy) is 1. The fourth-order valence-corrected chi connectivity index (χ4v) is 5.20. The van der Waals surface area contributed by atoms with Gasteiger partial charge in [0.2, 0.25) is 5.95 Å². The molecule has 0 saturated heterocycles. The zero-order chi connectivity index (χ0) is 20.6. The Bertz CT molecular complexity index is 935. The number of aryl methyl sites for hydroxylation is 1. The fourth-order valence-electron chi connectivity index (χ4n) is 4.16. The summed E-state index contributed by atoms with van der Waals surface area (Å²) in [5.74, 6) is 3.05. The van der Waals surface area contributed by atoms with E-state index in [9.17, 15) is 5.11 Å². The minimum absolute atomic E-state index is 0.0508. The molecule has 1 fully saturated rings. The number of thioether (sulfide) groups is 1. The molecule has 5 rings (SSSR count). The second kappa shape index (κ2) is 8.24. The number of aliphatic hydroxyl groups excluding tert-OH is 1. The van der Waals surface area contributed by atoms with E-state index in [0.717, 1.165) is 61.0 Å². The molecule has 1 aromatic carbocycles. The monoisotopic (exact) mass is 428 g/mol. The number of nitrogens with zero attached hydrogens (tertiary/aromatic N) is 3. The number of rotatable bonds is 8. The van der Waals surface area contributed by atoms with Gasteiger partial charge in [-0.2, -0.15) is 4.98 Å². The summed E-state index contributed by atoms with van der Waals surface area (Å²) in [4.78, 5) is 13.2. The maximum Gasteiger partial charge on any atom is 0.227 e. The first-order valence-electron chi connectivity index (χ1n) is 10.7. The smallest absolute Gasteiger partial charge is 0.227 e. The molecule has 0 unspecified atom stereocenters. The summed E-state index contributed by atoms with van der Waals surface area (Å²) in [6, 6.07) is 5.75. The van der Waals surface area contributed by atoms with Crippen LogP contribution in [0.1, 0.15) is 36.1 Å². The number of phenols is 1. The lowest BCUT2D eigenvalue weighted by atomic mass is 9.99. The molecule has 1 aromatic heterocycles. The third-order valence-electron chi connectivity index (χ3n) is 6.10. The van der Waals surface area contributed by atoms with Crippen molar-refractivity contribution in [2.45, 2.75) is 49.1 Å². The maximum atomic E-state index is 10.3. The summed E-state index contributed by atoms with van der Waals surface area (Å²) < 4.78 is 5.78. The van der Waals surface area contributed by atoms with Gasteiger partial charge in [0.1, 0.15) is 11.6 Å². The van der Waals surface area contributed by atoms with Crippen molar-refractivity contribution in [2.75, 3.05) is 42.3 Å². The second-order valence-corrected chi connectivity index (χ2v) is 9.47. The van der Waals surface area contributed by atoms with Crippen molar-refractivity contribution in [1.29, 1.82) is 0 Å². The van der Waals surface area contributed by atoms with E-state index in [-0.39, 0.29) is 12.1 Å². The van der Waals surface area contributed by atoms with Gasteiger partial charge in [-0.25, -0.2) is 4.98 Å². The molecule has 2 aromatic rings. The molecule has 0 atom stereocenters. The zero-order valence-corrected chi connectivity index (χ0v) is 17.9. The van der Waals surface area contributed by atoms with Crippen LogP contribution in [0, 0.1) is 0 Å². The number of hydrogen-bond acceptors (Lipinski definition) is 8. The molecule has 3 heterocycles. The SMILES string of the molecule is OCCCOCC1(Nc2nc(N3CCc4cccc(O)c4C3)nc3c2SCC3)CC1. The van der Waals surface area contributed by atoms with Gasteiger partial charge in [0.15, 0.2) is 0 Å². The normalized spacial score (nSPS) is 18.8. The molecule has 0 spiro atoms. The highest BCUT2D eigenvalue weighted by Crippen LogP contribution is 2.44. The Hall–Kier alpha value is -2.03. The number of anilines is 2. The molecular weight excluding hydrogens is 400 g/mol. The molecule has 3 N–H and O–H groups in total. The van der Waals surface area contributed by atoms with Gasteiger partial charge in [0, 0.05) is 44.0 Å². The topological polar surface area (TPSA) is 90.7 Å². The highest BCUT2D eigenvalue weighted by atomic mass is 32.2. The van der Waals surface area contributed by atoms with Crippen LogP contribution >= 0.6 is 11.8 Å². The van der Waals surface area contributed by atoms with E-state index in [0.29, 0.717) is 31.9 Å². The van der Waals surface area contributed by atoms with Gasteiger partial charge in [-0.15, -0.1) is 11.8 Å². The summed E-state index contributed by atoms with van der Waals surface area (Å²) >= 11 is 1.82. The van der Waals surface area contributed by atoms with Crippen molar-refractivity contribution in [3.05, 3.63) is 35.0 Å². The number of benzene rings is 1. The molecule has 8 heteroatoms. The van der Waals surface area contributed by atoms with Crippen molar-refractivity contribution in [3.63, 3.8) is 0 Å². The largest absolute Gasteiger partial charge is 0.508 e. The minimum atomic E-state index is -0.0508. The summed E-state index contributed by atoms with van der Waals surface area (Å²) in [6.07, 6.45) is 4.64. The molecule has 3 aliphatic rings. The van der Waals surface area contributed by atoms with Gasteiger partial charge in [0.05, 0.1) is 22.7 Å². The second-order valence-electron chi connectivity index (χ2n) is 8.37. The Morgan fingerprint density at radius 3 is 2.97 bits per heavy atom. The number of aromatic nitrogens is 2. The zero-order valence-electron chi connectivity index (χ0n) is 17.1. The molecule has 0 radical (unpaired) electrons. The molecule has 2 aliphatic heterocycles. The van der Waals surface area contributed by atoms with E-state index < -0.39 is 0 Å². The Morgan fingerprint density at radius 2 is 2.13 bits per heavy atom. The number of fused-ring (bicyclic) bond motifs is 2. The van der Waals surface area contributed by atoms with Crippen molar-refractivity contribution < 1.29 is 14.9 Å². The van der Waals surface area contributed by atoms with Gasteiger partial charge in [-0.05, 0) is 37.3 Å². The Balaban J connectivity index is 1.37. The van der Waals surface area contributed by atoms with Crippen LogP contribution in [0.3, 0.4) is 0 Å². The third-order valence-corrected chi connectivity index (χ3v) is 7.23. The highest BCUT2D eigenvalue weighted by Gasteiger charge is 2.44. The summed E-state index contributed by atoms with van der Waals surface area (Å²) in [7, 11) is 0. The van der Waals surface area contributed by atoms with Crippen LogP contribution in [0.5, 0.6) is 5.75 Å². The molecule has 0 amide bonds. The third kappa shape index (κ3) is 3.96. The standard InChI is InChI=1S/C22H28N4O3S/c27-10-2-11-29-14-22(7-8-22)25-20-19-17(6-12-30-19)23-21(24-20)26-9-5-15-3-1-4-18(28)16(15)13-26/h1,3-4,27-28H,2,5-14H2,(H,23,24,25). The maximum absolute atomic E-state index is 10.3. The van der Waals surface area contributed by atoms with Crippen LogP contribution in [0.2, 0.25) is 0 Å². The number of nitrogens with one attached hydrogen (secondary N) is 1. The Morgan fingerprint density at radius 1 is 1.23 bits per heavy atom. The van der Waals surface area contributed by atoms with Crippen LogP contribution in [0.15, 0.2) is 23.1 Å². The molecule has 0 bridgehead atoms. The molecule has 7 nitrogen and oxygen atoms in total. The molecule has 1 aliphatic carbocycles. The number of aliphatic hydroxyl groups is 1. The van der Waals surface area contributed by atoms with E-state index in [4.69, 9.17) is 19.8 Å². The van der Waals surface area contributed by atoms with E-state index in [1.54, 1.807) is 6.07 Å². The lowest BCUT2D eigenvalue weighted by molar-refractivity contribution is 0.104. The van der Waals surface area contributed by atoms with Crippen molar-refractivity contribution in [3.8, 4) is 5.75 Å². The van der Waals surface area contributed by atoms with Gasteiger partial charge < -0.3 is 25.2 Å². The van der Waals surface area contributed by atoms with Crippen molar-refractivity contribution >= 4 is 23.5 Å². The molecule has 30 heavy (non-hydrogen) atoms. The first-order valence-corrected chi connectivity index (χ1v) is 11.7. The van der Waals surface area contributed by atoms with Crippen LogP contribution in [-0.4, -0.2) is 57.8 Å². The van der Waals surface area contributed by atoms with Gasteiger partial charge in [-0.3, -0.25) is 0 Å². The first-order chi connectivity index (χ1) is 14.7.